The minimum absolute atomic E-state index is 0.0222. The van der Waals surface area contributed by atoms with Gasteiger partial charge in [0.05, 0.1) is 33.8 Å². The van der Waals surface area contributed by atoms with Crippen molar-refractivity contribution in [3.05, 3.63) is 36.5 Å². The van der Waals surface area contributed by atoms with E-state index in [9.17, 15) is 19.0 Å². The van der Waals surface area contributed by atoms with Crippen molar-refractivity contribution in [2.24, 2.45) is 0 Å². The van der Waals surface area contributed by atoms with Crippen LogP contribution < -0.4 is 10.2 Å². The van der Waals surface area contributed by atoms with E-state index in [2.05, 4.69) is 50.4 Å². The number of hydrogen-bond acceptors (Lipinski definition) is 7. The standard InChI is InChI=1S/C58H111N2O7P/c1-7-10-13-16-19-22-25-28-30-33-36-39-42-45-48-51-58(62)67-56(49-46-43-40-37-34-31-27-24-21-18-15-12-9-3)55(54-66-68(63,64)65-53-52-60(4,5)6)59-57(61)50-47-44-41-38-35-32-29-26-23-20-17-14-11-8-2/h19,22,25,28,46,49,55-56H,7-18,20-21,23-24,26-27,29-45,47-48,50-54H2,1-6H3,(H-,59,61,63,64)/b22-19+,28-25+,49-46+. The van der Waals surface area contributed by atoms with Gasteiger partial charge in [-0.3, -0.25) is 14.2 Å². The van der Waals surface area contributed by atoms with Gasteiger partial charge in [0.1, 0.15) is 19.3 Å². The predicted octanol–water partition coefficient (Wildman–Crippen LogP) is 16.5. The summed E-state index contributed by atoms with van der Waals surface area (Å²) in [5.41, 5.74) is 0. The Morgan fingerprint density at radius 2 is 0.882 bits per heavy atom. The number of ether oxygens (including phenoxy) is 1. The number of quaternary nitrogens is 1. The normalized spacial score (nSPS) is 14.0. The lowest BCUT2D eigenvalue weighted by Crippen LogP contribution is -2.47. The molecule has 1 N–H and O–H groups in total. The molecule has 9 nitrogen and oxygen atoms in total. The number of rotatable bonds is 52. The summed E-state index contributed by atoms with van der Waals surface area (Å²) in [7, 11) is 1.19. The molecule has 0 radical (unpaired) electrons. The van der Waals surface area contributed by atoms with Crippen molar-refractivity contribution in [3.8, 4) is 0 Å². The van der Waals surface area contributed by atoms with E-state index in [1.165, 1.54) is 161 Å². The number of nitrogens with one attached hydrogen (secondary N) is 1. The lowest BCUT2D eigenvalue weighted by molar-refractivity contribution is -0.870. The number of phosphoric ester groups is 1. The molecule has 3 unspecified atom stereocenters. The second kappa shape index (κ2) is 48.8. The molecular weight excluding hydrogens is 868 g/mol. The van der Waals surface area contributed by atoms with Crippen molar-refractivity contribution < 1.29 is 37.3 Å². The highest BCUT2D eigenvalue weighted by molar-refractivity contribution is 7.45. The predicted molar refractivity (Wildman–Crippen MR) is 289 cm³/mol. The van der Waals surface area contributed by atoms with Crippen molar-refractivity contribution in [2.75, 3.05) is 40.9 Å². The van der Waals surface area contributed by atoms with Gasteiger partial charge in [-0.05, 0) is 57.4 Å². The lowest BCUT2D eigenvalue weighted by atomic mass is 10.0. The Labute approximate surface area is 421 Å². The molecule has 0 heterocycles. The van der Waals surface area contributed by atoms with E-state index in [-0.39, 0.29) is 31.5 Å². The molecule has 0 saturated carbocycles. The number of esters is 1. The van der Waals surface area contributed by atoms with Crippen LogP contribution in [0.15, 0.2) is 36.5 Å². The number of hydrogen-bond donors (Lipinski definition) is 1. The molecule has 10 heteroatoms. The average molecular weight is 980 g/mol. The number of nitrogens with zero attached hydrogens (tertiary/aromatic N) is 1. The Kier molecular flexibility index (Phi) is 47.6. The zero-order chi connectivity index (χ0) is 50.1. The van der Waals surface area contributed by atoms with Crippen LogP contribution in [0.25, 0.3) is 0 Å². The fraction of sp³-hybridized carbons (Fsp3) is 0.862. The smallest absolute Gasteiger partial charge is 0.306 e. The van der Waals surface area contributed by atoms with E-state index >= 15 is 0 Å². The highest BCUT2D eigenvalue weighted by atomic mass is 31.2. The summed E-state index contributed by atoms with van der Waals surface area (Å²) < 4.78 is 30.2. The van der Waals surface area contributed by atoms with E-state index in [4.69, 9.17) is 13.8 Å². The van der Waals surface area contributed by atoms with E-state index in [0.29, 0.717) is 17.4 Å². The Bertz CT molecular complexity index is 1270. The SMILES string of the molecule is CCCCC/C=C/C=C/CCCCCCCCC(=O)OC(/C=C/CCCCCCCCCCCCC)C(COP(=O)([O-])OCC[N+](C)(C)C)NC(=O)CCCCCCCCCCCCCCCC. The molecule has 0 bridgehead atoms. The first-order valence-electron chi connectivity index (χ1n) is 28.8. The maximum Gasteiger partial charge on any atom is 0.306 e. The monoisotopic (exact) mass is 979 g/mol. The molecular formula is C58H111N2O7P. The van der Waals surface area contributed by atoms with Gasteiger partial charge in [0, 0.05) is 12.8 Å². The number of allylic oxidation sites excluding steroid dienone is 5. The van der Waals surface area contributed by atoms with Crippen LogP contribution in [0.2, 0.25) is 0 Å². The molecule has 1 amide bonds. The topological polar surface area (TPSA) is 114 Å². The molecule has 0 aromatic rings. The molecule has 68 heavy (non-hydrogen) atoms. The minimum Gasteiger partial charge on any atom is -0.756 e. The van der Waals surface area contributed by atoms with Crippen LogP contribution in [0.1, 0.15) is 271 Å². The van der Waals surface area contributed by atoms with Gasteiger partial charge < -0.3 is 28.5 Å². The molecule has 0 spiro atoms. The first-order chi connectivity index (χ1) is 32.9. The molecule has 400 valence electrons. The van der Waals surface area contributed by atoms with Crippen LogP contribution in [0, 0.1) is 0 Å². The summed E-state index contributed by atoms with van der Waals surface area (Å²) in [4.78, 5) is 39.8. The summed E-state index contributed by atoms with van der Waals surface area (Å²) >= 11 is 0. The van der Waals surface area contributed by atoms with Gasteiger partial charge in [0.25, 0.3) is 7.82 Å². The van der Waals surface area contributed by atoms with Gasteiger partial charge in [-0.2, -0.15) is 0 Å². The summed E-state index contributed by atoms with van der Waals surface area (Å²) in [5, 5.41) is 3.02. The van der Waals surface area contributed by atoms with Crippen LogP contribution in [-0.2, 0) is 27.9 Å². The summed E-state index contributed by atoms with van der Waals surface area (Å²) in [6.45, 7) is 6.82. The number of carbonyl (C=O) groups excluding carboxylic acids is 2. The molecule has 0 aromatic carbocycles. The van der Waals surface area contributed by atoms with Gasteiger partial charge in [0.2, 0.25) is 5.91 Å². The van der Waals surface area contributed by atoms with Crippen LogP contribution in [-0.4, -0.2) is 69.4 Å². The molecule has 0 aromatic heterocycles. The largest absolute Gasteiger partial charge is 0.756 e. The van der Waals surface area contributed by atoms with Gasteiger partial charge in [0.15, 0.2) is 0 Å². The quantitative estimate of drug-likeness (QED) is 0.0161. The minimum atomic E-state index is -4.69. The maximum atomic E-state index is 13.5. The number of amides is 1. The molecule has 0 rings (SSSR count). The third kappa shape index (κ3) is 49.2. The van der Waals surface area contributed by atoms with Crippen LogP contribution in [0.5, 0.6) is 0 Å². The fourth-order valence-electron chi connectivity index (χ4n) is 8.34. The first kappa shape index (κ1) is 66.2. The van der Waals surface area contributed by atoms with Crippen LogP contribution >= 0.6 is 7.82 Å². The second-order valence-electron chi connectivity index (χ2n) is 20.8. The van der Waals surface area contributed by atoms with E-state index in [0.717, 1.165) is 77.0 Å². The summed E-state index contributed by atoms with van der Waals surface area (Å²) in [6, 6.07) is -0.887. The van der Waals surface area contributed by atoms with E-state index in [1.807, 2.05) is 33.3 Å². The van der Waals surface area contributed by atoms with E-state index in [1.54, 1.807) is 0 Å². The highest BCUT2D eigenvalue weighted by Gasteiger charge is 2.27. The van der Waals surface area contributed by atoms with Crippen LogP contribution in [0.4, 0.5) is 0 Å². The fourth-order valence-corrected chi connectivity index (χ4v) is 9.06. The van der Waals surface area contributed by atoms with E-state index < -0.39 is 20.0 Å². The molecule has 0 aliphatic rings. The molecule has 0 aliphatic carbocycles. The third-order valence-electron chi connectivity index (χ3n) is 12.9. The second-order valence-corrected chi connectivity index (χ2v) is 22.2. The number of carbonyl (C=O) groups is 2. The summed E-state index contributed by atoms with van der Waals surface area (Å²) in [6.07, 6.45) is 56.7. The molecule has 0 aliphatic heterocycles. The third-order valence-corrected chi connectivity index (χ3v) is 13.8. The van der Waals surface area contributed by atoms with Crippen LogP contribution in [0.3, 0.4) is 0 Å². The van der Waals surface area contributed by atoms with Crippen molar-refractivity contribution in [3.63, 3.8) is 0 Å². The molecule has 0 saturated heterocycles. The Morgan fingerprint density at radius 1 is 0.515 bits per heavy atom. The molecule has 3 atom stereocenters. The lowest BCUT2D eigenvalue weighted by Gasteiger charge is -2.30. The molecule has 0 fully saturated rings. The van der Waals surface area contributed by atoms with Crippen molar-refractivity contribution in [2.45, 2.75) is 283 Å². The maximum absolute atomic E-state index is 13.5. The van der Waals surface area contributed by atoms with Gasteiger partial charge >= 0.3 is 5.97 Å². The average Bonchev–Trinajstić information content (AvgIpc) is 3.29. The number of phosphoric acid groups is 1. The summed E-state index contributed by atoms with van der Waals surface area (Å²) in [5.74, 6) is -0.545. The van der Waals surface area contributed by atoms with Gasteiger partial charge in [-0.25, -0.2) is 0 Å². The highest BCUT2D eigenvalue weighted by Crippen LogP contribution is 2.38. The zero-order valence-corrected chi connectivity index (χ0v) is 46.5. The Morgan fingerprint density at radius 3 is 1.32 bits per heavy atom. The number of unbranched alkanes of at least 4 members (excludes halogenated alkanes) is 33. The van der Waals surface area contributed by atoms with Gasteiger partial charge in [-0.15, -0.1) is 0 Å². The van der Waals surface area contributed by atoms with Crippen molar-refractivity contribution >= 4 is 19.7 Å². The Balaban J connectivity index is 5.38. The zero-order valence-electron chi connectivity index (χ0n) is 45.6. The van der Waals surface area contributed by atoms with Gasteiger partial charge in [-0.1, -0.05) is 237 Å². The first-order valence-corrected chi connectivity index (χ1v) is 30.3. The van der Waals surface area contributed by atoms with Crippen molar-refractivity contribution in [1.82, 2.24) is 5.32 Å². The number of likely N-dealkylation sites (N-methyl/N-ethyl adjacent to an activating group) is 1. The van der Waals surface area contributed by atoms with Crippen molar-refractivity contribution in [1.29, 1.82) is 0 Å². The Hall–Kier alpha value is -1.77.